The van der Waals surface area contributed by atoms with Gasteiger partial charge in [0.1, 0.15) is 5.75 Å². The minimum Gasteiger partial charge on any atom is -0.506 e. The van der Waals surface area contributed by atoms with Crippen LogP contribution in [-0.4, -0.2) is 11.4 Å². The van der Waals surface area contributed by atoms with Crippen molar-refractivity contribution in [2.75, 3.05) is 0 Å². The third kappa shape index (κ3) is 1.54. The Morgan fingerprint density at radius 3 is 2.50 bits per heavy atom. The molecule has 0 spiro atoms. The second-order valence-corrected chi connectivity index (χ2v) is 3.96. The number of aromatic hydroxyl groups is 1. The van der Waals surface area contributed by atoms with Crippen LogP contribution in [-0.2, 0) is 0 Å². The average Bonchev–Trinajstić information content (AvgIpc) is 2.08. The summed E-state index contributed by atoms with van der Waals surface area (Å²) in [6.45, 7) is 1.74. The molecule has 0 saturated heterocycles. The van der Waals surface area contributed by atoms with Crippen molar-refractivity contribution in [2.45, 2.75) is 6.92 Å². The Morgan fingerprint density at radius 1 is 1.42 bits per heavy atom. The zero-order chi connectivity index (χ0) is 9.30. The number of benzene rings is 1. The van der Waals surface area contributed by atoms with Crippen LogP contribution in [0.1, 0.15) is 15.9 Å². The number of hydrogen-bond acceptors (Lipinski definition) is 2. The Hall–Kier alpha value is -0.350. The molecule has 0 heterocycles. The number of aldehydes is 1. The van der Waals surface area contributed by atoms with E-state index in [-0.39, 0.29) is 5.75 Å². The molecule has 4 heteroatoms. The molecule has 1 aromatic carbocycles. The molecular formula is C8H6Br2O2. The predicted octanol–water partition coefficient (Wildman–Crippen LogP) is 3.04. The lowest BCUT2D eigenvalue weighted by Crippen LogP contribution is -1.87. The van der Waals surface area contributed by atoms with Gasteiger partial charge in [0, 0.05) is 10.0 Å². The lowest BCUT2D eigenvalue weighted by atomic mass is 10.1. The van der Waals surface area contributed by atoms with E-state index < -0.39 is 0 Å². The highest BCUT2D eigenvalue weighted by Crippen LogP contribution is 2.36. The zero-order valence-corrected chi connectivity index (χ0v) is 9.44. The summed E-state index contributed by atoms with van der Waals surface area (Å²) < 4.78 is 1.10. The Labute approximate surface area is 86.9 Å². The molecule has 0 saturated carbocycles. The van der Waals surface area contributed by atoms with Crippen LogP contribution in [0.5, 0.6) is 5.75 Å². The molecule has 0 aromatic heterocycles. The standard InChI is InChI=1S/C8H6Br2O2/c1-4-2-5(3-11)6(9)7(10)8(4)12/h2-3,12H,1H3. The Morgan fingerprint density at radius 2 is 2.00 bits per heavy atom. The van der Waals surface area contributed by atoms with E-state index in [9.17, 15) is 9.90 Å². The maximum absolute atomic E-state index is 10.5. The lowest BCUT2D eigenvalue weighted by molar-refractivity contribution is 0.112. The van der Waals surface area contributed by atoms with Crippen LogP contribution in [0.2, 0.25) is 0 Å². The third-order valence-electron chi connectivity index (χ3n) is 1.53. The summed E-state index contributed by atoms with van der Waals surface area (Å²) >= 11 is 6.35. The minimum atomic E-state index is 0.160. The summed E-state index contributed by atoms with van der Waals surface area (Å²) in [6.07, 6.45) is 0.737. The van der Waals surface area contributed by atoms with Crippen LogP contribution in [0.4, 0.5) is 0 Å². The van der Waals surface area contributed by atoms with E-state index in [0.29, 0.717) is 20.1 Å². The largest absolute Gasteiger partial charge is 0.506 e. The van der Waals surface area contributed by atoms with Crippen molar-refractivity contribution in [1.29, 1.82) is 0 Å². The van der Waals surface area contributed by atoms with Gasteiger partial charge in [0.15, 0.2) is 6.29 Å². The summed E-state index contributed by atoms with van der Waals surface area (Å²) in [5.74, 6) is 0.160. The van der Waals surface area contributed by atoms with Crippen molar-refractivity contribution in [3.05, 3.63) is 26.1 Å². The van der Waals surface area contributed by atoms with E-state index in [2.05, 4.69) is 31.9 Å². The van der Waals surface area contributed by atoms with Gasteiger partial charge >= 0.3 is 0 Å². The maximum Gasteiger partial charge on any atom is 0.151 e. The molecule has 0 atom stereocenters. The topological polar surface area (TPSA) is 37.3 Å². The quantitative estimate of drug-likeness (QED) is 0.808. The number of rotatable bonds is 1. The van der Waals surface area contributed by atoms with Gasteiger partial charge in [-0.25, -0.2) is 0 Å². The monoisotopic (exact) mass is 292 g/mol. The minimum absolute atomic E-state index is 0.160. The number of carbonyl (C=O) groups excluding carboxylic acids is 1. The summed E-state index contributed by atoms with van der Waals surface area (Å²) in [7, 11) is 0. The summed E-state index contributed by atoms with van der Waals surface area (Å²) in [5.41, 5.74) is 1.20. The molecule has 0 amide bonds. The second kappa shape index (κ2) is 3.58. The molecule has 1 rings (SSSR count). The maximum atomic E-state index is 10.5. The Balaban J connectivity index is 3.49. The number of phenols is 1. The van der Waals surface area contributed by atoms with Gasteiger partial charge in [0.2, 0.25) is 0 Å². The van der Waals surface area contributed by atoms with Crippen LogP contribution in [0, 0.1) is 6.92 Å². The van der Waals surface area contributed by atoms with Gasteiger partial charge in [0.05, 0.1) is 4.47 Å². The van der Waals surface area contributed by atoms with Crippen LogP contribution < -0.4 is 0 Å². The molecule has 1 aromatic rings. The third-order valence-corrected chi connectivity index (χ3v) is 3.69. The lowest BCUT2D eigenvalue weighted by Gasteiger charge is -2.05. The molecule has 0 bridgehead atoms. The number of halogens is 2. The van der Waals surface area contributed by atoms with Gasteiger partial charge in [-0.15, -0.1) is 0 Å². The molecule has 64 valence electrons. The fourth-order valence-electron chi connectivity index (χ4n) is 0.855. The van der Waals surface area contributed by atoms with Gasteiger partial charge in [-0.05, 0) is 50.4 Å². The summed E-state index contributed by atoms with van der Waals surface area (Å²) in [4.78, 5) is 10.5. The smallest absolute Gasteiger partial charge is 0.151 e. The molecule has 2 nitrogen and oxygen atoms in total. The Bertz CT molecular complexity index is 334. The molecule has 1 N–H and O–H groups in total. The van der Waals surface area contributed by atoms with Gasteiger partial charge < -0.3 is 5.11 Å². The zero-order valence-electron chi connectivity index (χ0n) is 6.27. The number of carbonyl (C=O) groups is 1. The van der Waals surface area contributed by atoms with E-state index >= 15 is 0 Å². The fraction of sp³-hybridized carbons (Fsp3) is 0.125. The summed E-state index contributed by atoms with van der Waals surface area (Å²) in [5, 5.41) is 9.41. The van der Waals surface area contributed by atoms with E-state index in [1.165, 1.54) is 0 Å². The molecule has 0 aliphatic rings. The van der Waals surface area contributed by atoms with Crippen molar-refractivity contribution >= 4 is 38.1 Å². The van der Waals surface area contributed by atoms with E-state index in [0.717, 1.165) is 6.29 Å². The van der Waals surface area contributed by atoms with Crippen molar-refractivity contribution in [2.24, 2.45) is 0 Å². The van der Waals surface area contributed by atoms with Gasteiger partial charge in [-0.2, -0.15) is 0 Å². The first-order chi connectivity index (χ1) is 5.57. The highest BCUT2D eigenvalue weighted by Gasteiger charge is 2.10. The van der Waals surface area contributed by atoms with Gasteiger partial charge in [-0.1, -0.05) is 0 Å². The molecule has 0 radical (unpaired) electrons. The molecule has 0 fully saturated rings. The molecule has 0 aliphatic heterocycles. The normalized spacial score (nSPS) is 9.92. The molecular weight excluding hydrogens is 288 g/mol. The molecule has 0 aliphatic carbocycles. The van der Waals surface area contributed by atoms with Crippen molar-refractivity contribution in [3.8, 4) is 5.75 Å². The fourth-order valence-corrected chi connectivity index (χ4v) is 1.79. The first-order valence-corrected chi connectivity index (χ1v) is 4.79. The molecule has 12 heavy (non-hydrogen) atoms. The van der Waals surface area contributed by atoms with Crippen LogP contribution in [0.15, 0.2) is 15.0 Å². The average molecular weight is 294 g/mol. The van der Waals surface area contributed by atoms with E-state index in [1.54, 1.807) is 13.0 Å². The number of phenolic OH excluding ortho intramolecular Hbond substituents is 1. The van der Waals surface area contributed by atoms with Crippen molar-refractivity contribution in [3.63, 3.8) is 0 Å². The first-order valence-electron chi connectivity index (χ1n) is 3.20. The SMILES string of the molecule is Cc1cc(C=O)c(Br)c(Br)c1O. The van der Waals surface area contributed by atoms with E-state index in [1.807, 2.05) is 0 Å². The van der Waals surface area contributed by atoms with Crippen LogP contribution in [0.3, 0.4) is 0 Å². The number of hydrogen-bond donors (Lipinski definition) is 1. The van der Waals surface area contributed by atoms with Gasteiger partial charge in [0.25, 0.3) is 0 Å². The van der Waals surface area contributed by atoms with Gasteiger partial charge in [-0.3, -0.25) is 4.79 Å². The number of aryl methyl sites for hydroxylation is 1. The van der Waals surface area contributed by atoms with Crippen molar-refractivity contribution < 1.29 is 9.90 Å². The molecule has 0 unspecified atom stereocenters. The van der Waals surface area contributed by atoms with Crippen LogP contribution >= 0.6 is 31.9 Å². The first kappa shape index (κ1) is 9.74. The highest BCUT2D eigenvalue weighted by atomic mass is 79.9. The van der Waals surface area contributed by atoms with Crippen LogP contribution in [0.25, 0.3) is 0 Å². The van der Waals surface area contributed by atoms with E-state index in [4.69, 9.17) is 0 Å². The Kier molecular flexibility index (Phi) is 2.90. The predicted molar refractivity (Wildman–Crippen MR) is 53.6 cm³/mol. The summed E-state index contributed by atoms with van der Waals surface area (Å²) in [6, 6.07) is 1.62. The highest BCUT2D eigenvalue weighted by molar-refractivity contribution is 9.13. The van der Waals surface area contributed by atoms with Crippen molar-refractivity contribution in [1.82, 2.24) is 0 Å². The second-order valence-electron chi connectivity index (χ2n) is 2.38.